The van der Waals surface area contributed by atoms with Crippen molar-refractivity contribution in [2.75, 3.05) is 0 Å². The van der Waals surface area contributed by atoms with Crippen LogP contribution in [0.2, 0.25) is 0 Å². The van der Waals surface area contributed by atoms with Crippen LogP contribution in [0.15, 0.2) is 30.3 Å². The van der Waals surface area contributed by atoms with E-state index in [9.17, 15) is 0 Å². The molecule has 138 valence electrons. The Kier molecular flexibility index (Phi) is 22.7. The molecule has 23 heavy (non-hydrogen) atoms. The largest absolute Gasteiger partial charge is 0.0776 e. The minimum absolute atomic E-state index is 0. The van der Waals surface area contributed by atoms with Crippen LogP contribution < -0.4 is 0 Å². The maximum absolute atomic E-state index is 2.36. The first-order chi connectivity index (χ1) is 10.6. The van der Waals surface area contributed by atoms with Crippen molar-refractivity contribution in [3.8, 4) is 0 Å². The highest BCUT2D eigenvalue weighted by molar-refractivity contribution is 5.17. The molecule has 1 aromatic carbocycles. The van der Waals surface area contributed by atoms with Crippen LogP contribution in [0.3, 0.4) is 0 Å². The van der Waals surface area contributed by atoms with Crippen LogP contribution in [0.1, 0.15) is 106 Å². The van der Waals surface area contributed by atoms with Crippen molar-refractivity contribution in [3.63, 3.8) is 0 Å². The standard InChI is InChI=1S/C9H18.C9H12.2C2H6.CH4/c2*1-8(2)9-6-4-3-5-7-9;2*1-2;/h8-9H,3-7H2,1-2H3;3-8H,1-2H3;2*1-2H3;1H4. The summed E-state index contributed by atoms with van der Waals surface area (Å²) in [5.74, 6) is 2.65. The van der Waals surface area contributed by atoms with Crippen molar-refractivity contribution in [3.05, 3.63) is 35.9 Å². The van der Waals surface area contributed by atoms with Crippen molar-refractivity contribution in [2.24, 2.45) is 11.8 Å². The van der Waals surface area contributed by atoms with Gasteiger partial charge in [0.2, 0.25) is 0 Å². The molecule has 2 rings (SSSR count). The Bertz CT molecular complexity index is 291. The number of benzene rings is 1. The lowest BCUT2D eigenvalue weighted by Gasteiger charge is -2.24. The molecular formula is C23H46. The molecule has 0 amide bonds. The second-order valence-corrected chi connectivity index (χ2v) is 6.21. The molecule has 1 fully saturated rings. The summed E-state index contributed by atoms with van der Waals surface area (Å²) in [6, 6.07) is 10.5. The van der Waals surface area contributed by atoms with E-state index in [1.165, 1.54) is 37.7 Å². The fraction of sp³-hybridized carbons (Fsp3) is 0.739. The van der Waals surface area contributed by atoms with Crippen LogP contribution in [-0.2, 0) is 0 Å². The summed E-state index contributed by atoms with van der Waals surface area (Å²) in [6.45, 7) is 17.1. The van der Waals surface area contributed by atoms with Gasteiger partial charge >= 0.3 is 0 Å². The first-order valence-corrected chi connectivity index (χ1v) is 9.66. The fourth-order valence-corrected chi connectivity index (χ4v) is 2.64. The molecule has 0 nitrogen and oxygen atoms in total. The Morgan fingerprint density at radius 1 is 0.739 bits per heavy atom. The van der Waals surface area contributed by atoms with Crippen LogP contribution in [0.5, 0.6) is 0 Å². The SMILES string of the molecule is C.CC.CC.CC(C)C1CCCCC1.CC(C)c1ccccc1. The van der Waals surface area contributed by atoms with Gasteiger partial charge in [-0.15, -0.1) is 0 Å². The first kappa shape index (κ1) is 27.1. The molecule has 0 saturated heterocycles. The molecule has 0 radical (unpaired) electrons. The van der Waals surface area contributed by atoms with Crippen LogP contribution in [0, 0.1) is 11.8 Å². The lowest BCUT2D eigenvalue weighted by molar-refractivity contribution is 0.279. The summed E-state index contributed by atoms with van der Waals surface area (Å²) in [6.07, 6.45) is 7.46. The summed E-state index contributed by atoms with van der Waals surface area (Å²) in [4.78, 5) is 0. The van der Waals surface area contributed by atoms with E-state index in [0.29, 0.717) is 5.92 Å². The van der Waals surface area contributed by atoms with Gasteiger partial charge in [-0.05, 0) is 23.3 Å². The third-order valence-corrected chi connectivity index (χ3v) is 4.06. The molecule has 0 heterocycles. The lowest BCUT2D eigenvalue weighted by atomic mass is 9.82. The highest BCUT2D eigenvalue weighted by Gasteiger charge is 2.15. The summed E-state index contributed by atoms with van der Waals surface area (Å²) >= 11 is 0. The Morgan fingerprint density at radius 3 is 1.43 bits per heavy atom. The first-order valence-electron chi connectivity index (χ1n) is 9.66. The van der Waals surface area contributed by atoms with E-state index in [1.807, 2.05) is 33.8 Å². The zero-order valence-electron chi connectivity index (χ0n) is 16.7. The average Bonchev–Trinajstić information content (AvgIpc) is 2.60. The minimum atomic E-state index is 0. The average molecular weight is 323 g/mol. The van der Waals surface area contributed by atoms with E-state index in [0.717, 1.165) is 11.8 Å². The molecule has 0 aromatic heterocycles. The molecule has 0 aliphatic heterocycles. The van der Waals surface area contributed by atoms with E-state index in [2.05, 4.69) is 52.0 Å². The van der Waals surface area contributed by atoms with Gasteiger partial charge in [0.25, 0.3) is 0 Å². The molecular weight excluding hydrogens is 276 g/mol. The Balaban J connectivity index is -0.000000276. The van der Waals surface area contributed by atoms with E-state index < -0.39 is 0 Å². The van der Waals surface area contributed by atoms with E-state index >= 15 is 0 Å². The molecule has 1 aliphatic rings. The van der Waals surface area contributed by atoms with Gasteiger partial charge in [-0.1, -0.05) is 125 Å². The van der Waals surface area contributed by atoms with E-state index in [-0.39, 0.29) is 7.43 Å². The molecule has 0 heteroatoms. The van der Waals surface area contributed by atoms with Crippen molar-refractivity contribution in [1.29, 1.82) is 0 Å². The lowest BCUT2D eigenvalue weighted by Crippen LogP contribution is -2.12. The predicted octanol–water partition coefficient (Wildman–Crippen LogP) is 8.72. The zero-order valence-corrected chi connectivity index (χ0v) is 16.7. The van der Waals surface area contributed by atoms with Crippen molar-refractivity contribution < 1.29 is 0 Å². The van der Waals surface area contributed by atoms with Gasteiger partial charge < -0.3 is 0 Å². The molecule has 0 N–H and O–H groups in total. The van der Waals surface area contributed by atoms with Gasteiger partial charge in [0.05, 0.1) is 0 Å². The molecule has 0 spiro atoms. The normalized spacial score (nSPS) is 13.5. The van der Waals surface area contributed by atoms with Crippen LogP contribution in [0.4, 0.5) is 0 Å². The summed E-state index contributed by atoms with van der Waals surface area (Å²) < 4.78 is 0. The van der Waals surface area contributed by atoms with Crippen LogP contribution in [0.25, 0.3) is 0 Å². The maximum atomic E-state index is 2.36. The highest BCUT2D eigenvalue weighted by atomic mass is 14.2. The quantitative estimate of drug-likeness (QED) is 0.510. The number of rotatable bonds is 2. The minimum Gasteiger partial charge on any atom is -0.0776 e. The van der Waals surface area contributed by atoms with E-state index in [1.54, 1.807) is 0 Å². The van der Waals surface area contributed by atoms with Gasteiger partial charge in [-0.3, -0.25) is 0 Å². The molecule has 1 saturated carbocycles. The second-order valence-electron chi connectivity index (χ2n) is 6.21. The zero-order chi connectivity index (χ0) is 17.4. The van der Waals surface area contributed by atoms with Gasteiger partial charge in [0, 0.05) is 0 Å². The van der Waals surface area contributed by atoms with Crippen molar-refractivity contribution in [1.82, 2.24) is 0 Å². The molecule has 0 unspecified atom stereocenters. The summed E-state index contributed by atoms with van der Waals surface area (Å²) in [7, 11) is 0. The van der Waals surface area contributed by atoms with E-state index in [4.69, 9.17) is 0 Å². The number of hydrogen-bond acceptors (Lipinski definition) is 0. The van der Waals surface area contributed by atoms with Crippen molar-refractivity contribution in [2.45, 2.75) is 101 Å². The topological polar surface area (TPSA) is 0 Å². The monoisotopic (exact) mass is 322 g/mol. The summed E-state index contributed by atoms with van der Waals surface area (Å²) in [5.41, 5.74) is 1.41. The third kappa shape index (κ3) is 14.5. The highest BCUT2D eigenvalue weighted by Crippen LogP contribution is 2.29. The number of hydrogen-bond donors (Lipinski definition) is 0. The molecule has 1 aromatic rings. The van der Waals surface area contributed by atoms with Gasteiger partial charge in [0.15, 0.2) is 0 Å². The molecule has 0 atom stereocenters. The third-order valence-electron chi connectivity index (χ3n) is 4.06. The van der Waals surface area contributed by atoms with Crippen molar-refractivity contribution >= 4 is 0 Å². The fourth-order valence-electron chi connectivity index (χ4n) is 2.64. The Hall–Kier alpha value is -0.780. The second kappa shape index (κ2) is 19.3. The smallest absolute Gasteiger partial charge is 0.0219 e. The van der Waals surface area contributed by atoms with Gasteiger partial charge in [0.1, 0.15) is 0 Å². The molecule has 1 aliphatic carbocycles. The Labute approximate surface area is 149 Å². The van der Waals surface area contributed by atoms with Gasteiger partial charge in [-0.2, -0.15) is 0 Å². The van der Waals surface area contributed by atoms with Crippen LogP contribution >= 0.6 is 0 Å². The predicted molar refractivity (Wildman–Crippen MR) is 111 cm³/mol. The van der Waals surface area contributed by atoms with Crippen LogP contribution in [-0.4, -0.2) is 0 Å². The molecule has 0 bridgehead atoms. The maximum Gasteiger partial charge on any atom is -0.0219 e. The van der Waals surface area contributed by atoms with Gasteiger partial charge in [-0.25, -0.2) is 0 Å². The Morgan fingerprint density at radius 2 is 1.17 bits per heavy atom. The summed E-state index contributed by atoms with van der Waals surface area (Å²) in [5, 5.41) is 0.